The topological polar surface area (TPSA) is 52.8 Å². The van der Waals surface area contributed by atoms with Gasteiger partial charge in [0.1, 0.15) is 5.75 Å². The van der Waals surface area contributed by atoms with Crippen molar-refractivity contribution < 1.29 is 10.3 Å². The Morgan fingerprint density at radius 1 is 1.42 bits per heavy atom. The molecule has 64 valence electrons. The summed E-state index contributed by atoms with van der Waals surface area (Å²) < 4.78 is 0. The van der Waals surface area contributed by atoms with Crippen molar-refractivity contribution >= 4 is 5.71 Å². The van der Waals surface area contributed by atoms with Crippen LogP contribution in [0, 0.1) is 6.92 Å². The van der Waals surface area contributed by atoms with E-state index in [9.17, 15) is 5.11 Å². The van der Waals surface area contributed by atoms with E-state index in [1.165, 1.54) is 0 Å². The summed E-state index contributed by atoms with van der Waals surface area (Å²) in [6.07, 6.45) is 0. The van der Waals surface area contributed by atoms with Crippen LogP contribution in [0.1, 0.15) is 18.1 Å². The van der Waals surface area contributed by atoms with Gasteiger partial charge in [0.15, 0.2) is 0 Å². The van der Waals surface area contributed by atoms with E-state index in [0.717, 1.165) is 5.56 Å². The molecule has 0 aromatic heterocycles. The zero-order valence-electron chi connectivity index (χ0n) is 7.07. The lowest BCUT2D eigenvalue weighted by Crippen LogP contribution is -1.95. The zero-order valence-corrected chi connectivity index (χ0v) is 7.07. The van der Waals surface area contributed by atoms with Gasteiger partial charge in [-0.1, -0.05) is 16.8 Å². The van der Waals surface area contributed by atoms with Crippen molar-refractivity contribution in [3.63, 3.8) is 0 Å². The van der Waals surface area contributed by atoms with Crippen molar-refractivity contribution in [1.82, 2.24) is 0 Å². The van der Waals surface area contributed by atoms with Gasteiger partial charge in [-0.25, -0.2) is 0 Å². The molecule has 3 heteroatoms. The second-order valence-corrected chi connectivity index (χ2v) is 2.71. The van der Waals surface area contributed by atoms with Crippen LogP contribution in [0.25, 0.3) is 0 Å². The second kappa shape index (κ2) is 3.26. The molecule has 1 rings (SSSR count). The second-order valence-electron chi connectivity index (χ2n) is 2.71. The highest BCUT2D eigenvalue weighted by molar-refractivity contribution is 6.00. The first-order valence-corrected chi connectivity index (χ1v) is 3.64. The molecule has 1 aromatic carbocycles. The first-order chi connectivity index (χ1) is 5.65. The van der Waals surface area contributed by atoms with Gasteiger partial charge in [0.2, 0.25) is 0 Å². The predicted octanol–water partition coefficient (Wildman–Crippen LogP) is 1.90. The molecule has 2 N–H and O–H groups in total. The number of phenolic OH excluding ortho intramolecular Hbond substituents is 1. The summed E-state index contributed by atoms with van der Waals surface area (Å²) in [6.45, 7) is 3.54. The molecular formula is C9H11NO2. The number of aryl methyl sites for hydroxylation is 1. The number of hydrogen-bond donors (Lipinski definition) is 2. The van der Waals surface area contributed by atoms with Crippen molar-refractivity contribution in [2.24, 2.45) is 5.16 Å². The summed E-state index contributed by atoms with van der Waals surface area (Å²) in [5, 5.41) is 20.8. The Morgan fingerprint density at radius 2 is 2.08 bits per heavy atom. The molecule has 0 aliphatic rings. The molecule has 1 aromatic rings. The third-order valence-corrected chi connectivity index (χ3v) is 1.69. The molecule has 12 heavy (non-hydrogen) atoms. The number of hydrogen-bond acceptors (Lipinski definition) is 3. The van der Waals surface area contributed by atoms with Gasteiger partial charge in [0.25, 0.3) is 0 Å². The summed E-state index contributed by atoms with van der Waals surface area (Å²) in [7, 11) is 0. The molecule has 0 unspecified atom stereocenters. The highest BCUT2D eigenvalue weighted by Crippen LogP contribution is 2.18. The maximum Gasteiger partial charge on any atom is 0.124 e. The van der Waals surface area contributed by atoms with Crippen LogP contribution in [0.4, 0.5) is 0 Å². The summed E-state index contributed by atoms with van der Waals surface area (Å²) in [4.78, 5) is 0. The first kappa shape index (κ1) is 8.59. The molecule has 0 amide bonds. The molecule has 0 fully saturated rings. The number of rotatable bonds is 1. The molecule has 0 saturated heterocycles. The Balaban J connectivity index is 3.23. The maximum atomic E-state index is 9.34. The minimum absolute atomic E-state index is 0.135. The minimum Gasteiger partial charge on any atom is -0.507 e. The van der Waals surface area contributed by atoms with E-state index in [1.807, 2.05) is 6.92 Å². The van der Waals surface area contributed by atoms with Crippen molar-refractivity contribution in [3.05, 3.63) is 29.3 Å². The Hall–Kier alpha value is -1.51. The lowest BCUT2D eigenvalue weighted by atomic mass is 10.1. The normalized spacial score (nSPS) is 11.7. The third-order valence-electron chi connectivity index (χ3n) is 1.69. The predicted molar refractivity (Wildman–Crippen MR) is 46.8 cm³/mol. The highest BCUT2D eigenvalue weighted by Gasteiger charge is 2.04. The average Bonchev–Trinajstić information content (AvgIpc) is 2.08. The third kappa shape index (κ3) is 1.56. The lowest BCUT2D eigenvalue weighted by Gasteiger charge is -2.02. The summed E-state index contributed by atoms with van der Waals surface area (Å²) in [6, 6.07) is 5.15. The number of benzene rings is 1. The SMILES string of the molecule is CC(=NO)c1cc(C)ccc1O. The fourth-order valence-corrected chi connectivity index (χ4v) is 0.994. The lowest BCUT2D eigenvalue weighted by molar-refractivity contribution is 0.318. The van der Waals surface area contributed by atoms with Crippen LogP contribution in [-0.2, 0) is 0 Å². The molecule has 3 nitrogen and oxygen atoms in total. The maximum absolute atomic E-state index is 9.34. The van der Waals surface area contributed by atoms with Gasteiger partial charge >= 0.3 is 0 Å². The summed E-state index contributed by atoms with van der Waals surface area (Å²) in [5.74, 6) is 0.135. The zero-order chi connectivity index (χ0) is 9.14. The van der Waals surface area contributed by atoms with E-state index in [0.29, 0.717) is 11.3 Å². The van der Waals surface area contributed by atoms with Crippen molar-refractivity contribution in [3.8, 4) is 5.75 Å². The quantitative estimate of drug-likeness (QED) is 0.379. The molecule has 0 spiro atoms. The largest absolute Gasteiger partial charge is 0.507 e. The molecule has 0 aliphatic heterocycles. The molecule has 0 heterocycles. The first-order valence-electron chi connectivity index (χ1n) is 3.64. The fourth-order valence-electron chi connectivity index (χ4n) is 0.994. The van der Waals surface area contributed by atoms with Gasteiger partial charge in [-0.05, 0) is 26.0 Å². The van der Waals surface area contributed by atoms with E-state index in [4.69, 9.17) is 5.21 Å². The molecule has 0 atom stereocenters. The average molecular weight is 165 g/mol. The van der Waals surface area contributed by atoms with Crippen LogP contribution in [0.15, 0.2) is 23.4 Å². The highest BCUT2D eigenvalue weighted by atomic mass is 16.4. The number of oxime groups is 1. The smallest absolute Gasteiger partial charge is 0.124 e. The van der Waals surface area contributed by atoms with Crippen LogP contribution in [0.2, 0.25) is 0 Å². The molecule has 0 radical (unpaired) electrons. The Morgan fingerprint density at radius 3 is 2.67 bits per heavy atom. The van der Waals surface area contributed by atoms with Gasteiger partial charge in [0.05, 0.1) is 5.71 Å². The van der Waals surface area contributed by atoms with E-state index in [2.05, 4.69) is 5.16 Å². The van der Waals surface area contributed by atoms with Crippen LogP contribution in [0.5, 0.6) is 5.75 Å². The Kier molecular flexibility index (Phi) is 2.33. The number of aromatic hydroxyl groups is 1. The van der Waals surface area contributed by atoms with Crippen LogP contribution in [-0.4, -0.2) is 16.0 Å². The van der Waals surface area contributed by atoms with Crippen LogP contribution >= 0.6 is 0 Å². The van der Waals surface area contributed by atoms with Gasteiger partial charge in [0, 0.05) is 5.56 Å². The molecule has 0 aliphatic carbocycles. The van der Waals surface area contributed by atoms with Crippen LogP contribution in [0.3, 0.4) is 0 Å². The number of phenols is 1. The van der Waals surface area contributed by atoms with Gasteiger partial charge in [-0.2, -0.15) is 0 Å². The van der Waals surface area contributed by atoms with Crippen LogP contribution < -0.4 is 0 Å². The standard InChI is InChI=1S/C9H11NO2/c1-6-3-4-9(11)8(5-6)7(2)10-12/h3-5,11-12H,1-2H3. The van der Waals surface area contributed by atoms with E-state index >= 15 is 0 Å². The van der Waals surface area contributed by atoms with E-state index < -0.39 is 0 Å². The van der Waals surface area contributed by atoms with E-state index in [-0.39, 0.29) is 5.75 Å². The Bertz CT molecular complexity index is 318. The number of nitrogens with zero attached hydrogens (tertiary/aromatic N) is 1. The fraction of sp³-hybridized carbons (Fsp3) is 0.222. The summed E-state index contributed by atoms with van der Waals surface area (Å²) >= 11 is 0. The molecule has 0 bridgehead atoms. The molecular weight excluding hydrogens is 154 g/mol. The van der Waals surface area contributed by atoms with Crippen molar-refractivity contribution in [2.75, 3.05) is 0 Å². The monoisotopic (exact) mass is 165 g/mol. The van der Waals surface area contributed by atoms with Gasteiger partial charge < -0.3 is 10.3 Å². The minimum atomic E-state index is 0.135. The van der Waals surface area contributed by atoms with Gasteiger partial charge in [-0.3, -0.25) is 0 Å². The Labute approximate surface area is 71.0 Å². The van der Waals surface area contributed by atoms with Crippen molar-refractivity contribution in [1.29, 1.82) is 0 Å². The van der Waals surface area contributed by atoms with E-state index in [1.54, 1.807) is 25.1 Å². The van der Waals surface area contributed by atoms with Gasteiger partial charge in [-0.15, -0.1) is 0 Å². The summed E-state index contributed by atoms with van der Waals surface area (Å²) in [5.41, 5.74) is 2.00. The van der Waals surface area contributed by atoms with Crippen molar-refractivity contribution in [2.45, 2.75) is 13.8 Å². The molecule has 0 saturated carbocycles.